The van der Waals surface area contributed by atoms with E-state index in [9.17, 15) is 0 Å². The molecule has 0 fully saturated rings. The fraction of sp³-hybridized carbons (Fsp3) is 0.462. The van der Waals surface area contributed by atoms with Crippen LogP contribution in [0.5, 0.6) is 0 Å². The molecule has 0 aromatic heterocycles. The van der Waals surface area contributed by atoms with Crippen LogP contribution in [0.2, 0.25) is 0 Å². The van der Waals surface area contributed by atoms with Crippen molar-refractivity contribution < 1.29 is 0 Å². The summed E-state index contributed by atoms with van der Waals surface area (Å²) in [5.41, 5.74) is 0.953. The van der Waals surface area contributed by atoms with E-state index in [2.05, 4.69) is 52.2 Å². The van der Waals surface area contributed by atoms with Crippen LogP contribution in [0.25, 0.3) is 0 Å². The van der Waals surface area contributed by atoms with Crippen LogP contribution in [0, 0.1) is 20.3 Å². The van der Waals surface area contributed by atoms with Gasteiger partial charge in [0.2, 0.25) is 0 Å². The van der Waals surface area contributed by atoms with Crippen LogP contribution in [-0.2, 0) is 0 Å². The number of nitriles is 1. The number of hydrogen-bond acceptors (Lipinski definition) is 2. The van der Waals surface area contributed by atoms with Crippen molar-refractivity contribution in [1.29, 1.82) is 5.26 Å². The molecule has 0 spiro atoms. The van der Waals surface area contributed by atoms with E-state index in [1.165, 1.54) is 3.57 Å². The molecule has 0 aliphatic carbocycles. The molecule has 0 unspecified atom stereocenters. The zero-order valence-electron chi connectivity index (χ0n) is 9.76. The lowest BCUT2D eigenvalue weighted by atomic mass is 9.90. The molecule has 86 valence electrons. The second-order valence-electron chi connectivity index (χ2n) is 4.54. The summed E-state index contributed by atoms with van der Waals surface area (Å²) in [5.74, 6) is 0. The molecular weight excluding hydrogens is 311 g/mol. The maximum absolute atomic E-state index is 8.88. The zero-order chi connectivity index (χ0) is 12.0. The van der Waals surface area contributed by atoms with E-state index >= 15 is 0 Å². The number of halogens is 1. The van der Waals surface area contributed by atoms with Gasteiger partial charge in [-0.2, -0.15) is 5.26 Å². The third kappa shape index (κ3) is 4.84. The molecule has 1 aromatic carbocycles. The summed E-state index contributed by atoms with van der Waals surface area (Å²) >= 11 is 2.30. The van der Waals surface area contributed by atoms with Gasteiger partial charge in [-0.25, -0.2) is 0 Å². The van der Waals surface area contributed by atoms with Crippen molar-refractivity contribution in [2.24, 2.45) is 5.41 Å². The Balaban J connectivity index is 2.29. The first kappa shape index (κ1) is 13.3. The Labute approximate surface area is 111 Å². The molecule has 3 heteroatoms. The lowest BCUT2D eigenvalue weighted by Crippen LogP contribution is -2.11. The van der Waals surface area contributed by atoms with Gasteiger partial charge in [-0.15, -0.1) is 0 Å². The zero-order valence-corrected chi connectivity index (χ0v) is 11.9. The van der Waals surface area contributed by atoms with Crippen molar-refractivity contribution in [1.82, 2.24) is 0 Å². The molecule has 1 aromatic rings. The summed E-state index contributed by atoms with van der Waals surface area (Å²) in [7, 11) is 0. The van der Waals surface area contributed by atoms with Crippen LogP contribution in [0.15, 0.2) is 24.3 Å². The molecule has 0 aliphatic rings. The highest BCUT2D eigenvalue weighted by Gasteiger charge is 2.15. The second kappa shape index (κ2) is 6.09. The molecule has 0 heterocycles. The molecule has 1 rings (SSSR count). The van der Waals surface area contributed by atoms with Crippen LogP contribution in [-0.4, -0.2) is 6.54 Å². The Kier molecular flexibility index (Phi) is 5.07. The van der Waals surface area contributed by atoms with Crippen LogP contribution in [0.1, 0.15) is 26.7 Å². The van der Waals surface area contributed by atoms with Gasteiger partial charge < -0.3 is 5.32 Å². The van der Waals surface area contributed by atoms with E-state index in [4.69, 9.17) is 5.26 Å². The van der Waals surface area contributed by atoms with Crippen molar-refractivity contribution in [3.63, 3.8) is 0 Å². The van der Waals surface area contributed by atoms with Crippen LogP contribution in [0.4, 0.5) is 5.69 Å². The van der Waals surface area contributed by atoms with Gasteiger partial charge in [-0.1, -0.05) is 6.07 Å². The summed E-state index contributed by atoms with van der Waals surface area (Å²) in [5, 5.41) is 12.2. The van der Waals surface area contributed by atoms with Gasteiger partial charge in [0.1, 0.15) is 0 Å². The lowest BCUT2D eigenvalue weighted by Gasteiger charge is -2.15. The standard InChI is InChI=1S/C13H17IN2/c1-13(2,10-15)7-4-8-16-12-6-3-5-11(14)9-12/h3,5-6,9,16H,4,7-8H2,1-2H3. The van der Waals surface area contributed by atoms with Crippen LogP contribution in [0.3, 0.4) is 0 Å². The van der Waals surface area contributed by atoms with Crippen LogP contribution >= 0.6 is 22.6 Å². The predicted octanol–water partition coefficient (Wildman–Crippen LogP) is 4.03. The topological polar surface area (TPSA) is 35.8 Å². The quantitative estimate of drug-likeness (QED) is 0.654. The third-order valence-electron chi connectivity index (χ3n) is 2.43. The highest BCUT2D eigenvalue weighted by Crippen LogP contribution is 2.20. The minimum atomic E-state index is -0.202. The number of nitrogens with zero attached hydrogens (tertiary/aromatic N) is 1. The minimum absolute atomic E-state index is 0.202. The molecule has 0 amide bonds. The monoisotopic (exact) mass is 328 g/mol. The van der Waals surface area contributed by atoms with E-state index in [1.807, 2.05) is 19.9 Å². The molecule has 0 aliphatic heterocycles. The average molecular weight is 328 g/mol. The Bertz CT molecular complexity index is 380. The largest absolute Gasteiger partial charge is 0.385 e. The molecule has 2 nitrogen and oxygen atoms in total. The highest BCUT2D eigenvalue weighted by atomic mass is 127. The first-order valence-electron chi connectivity index (χ1n) is 5.44. The minimum Gasteiger partial charge on any atom is -0.385 e. The van der Waals surface area contributed by atoms with Gasteiger partial charge in [0, 0.05) is 15.8 Å². The molecule has 0 saturated carbocycles. The Hall–Kier alpha value is -0.760. The van der Waals surface area contributed by atoms with Gasteiger partial charge >= 0.3 is 0 Å². The van der Waals surface area contributed by atoms with Gasteiger partial charge in [0.15, 0.2) is 0 Å². The van der Waals surface area contributed by atoms with Crippen molar-refractivity contribution in [3.05, 3.63) is 27.8 Å². The molecule has 0 atom stereocenters. The van der Waals surface area contributed by atoms with Gasteiger partial charge in [-0.3, -0.25) is 0 Å². The van der Waals surface area contributed by atoms with E-state index in [0.717, 1.165) is 25.1 Å². The van der Waals surface area contributed by atoms with Crippen molar-refractivity contribution >= 4 is 28.3 Å². The first-order chi connectivity index (χ1) is 7.53. The fourth-order valence-corrected chi connectivity index (χ4v) is 1.96. The molecule has 1 N–H and O–H groups in total. The maximum Gasteiger partial charge on any atom is 0.0683 e. The summed E-state index contributed by atoms with van der Waals surface area (Å²) < 4.78 is 1.24. The Morgan fingerprint density at radius 1 is 1.44 bits per heavy atom. The number of nitrogens with one attached hydrogen (secondary N) is 1. The van der Waals surface area contributed by atoms with Crippen LogP contribution < -0.4 is 5.32 Å². The third-order valence-corrected chi connectivity index (χ3v) is 3.11. The van der Waals surface area contributed by atoms with Gasteiger partial charge in [0.05, 0.1) is 11.5 Å². The number of hydrogen-bond donors (Lipinski definition) is 1. The first-order valence-corrected chi connectivity index (χ1v) is 6.52. The van der Waals surface area contributed by atoms with Crippen molar-refractivity contribution in [2.45, 2.75) is 26.7 Å². The van der Waals surface area contributed by atoms with E-state index in [1.54, 1.807) is 0 Å². The highest BCUT2D eigenvalue weighted by molar-refractivity contribution is 14.1. The van der Waals surface area contributed by atoms with E-state index in [-0.39, 0.29) is 5.41 Å². The number of anilines is 1. The molecular formula is C13H17IN2. The normalized spacial score (nSPS) is 10.9. The number of rotatable bonds is 5. The Morgan fingerprint density at radius 3 is 2.81 bits per heavy atom. The predicted molar refractivity (Wildman–Crippen MR) is 76.3 cm³/mol. The second-order valence-corrected chi connectivity index (χ2v) is 5.78. The molecule has 0 saturated heterocycles. The lowest BCUT2D eigenvalue weighted by molar-refractivity contribution is 0.441. The summed E-state index contributed by atoms with van der Waals surface area (Å²) in [6.07, 6.45) is 1.95. The average Bonchev–Trinajstić information content (AvgIpc) is 2.25. The van der Waals surface area contributed by atoms with Gasteiger partial charge in [0.25, 0.3) is 0 Å². The number of benzene rings is 1. The summed E-state index contributed by atoms with van der Waals surface area (Å²) in [4.78, 5) is 0. The van der Waals surface area contributed by atoms with Crippen molar-refractivity contribution in [2.75, 3.05) is 11.9 Å². The smallest absolute Gasteiger partial charge is 0.0683 e. The van der Waals surface area contributed by atoms with Gasteiger partial charge in [-0.05, 0) is 67.5 Å². The SMILES string of the molecule is CC(C)(C#N)CCCNc1cccc(I)c1. The molecule has 0 bridgehead atoms. The van der Waals surface area contributed by atoms with Crippen molar-refractivity contribution in [3.8, 4) is 6.07 Å². The molecule has 0 radical (unpaired) electrons. The summed E-state index contributed by atoms with van der Waals surface area (Å²) in [6.45, 7) is 4.89. The maximum atomic E-state index is 8.88. The summed E-state index contributed by atoms with van der Waals surface area (Å²) in [6, 6.07) is 10.6. The Morgan fingerprint density at radius 2 is 2.19 bits per heavy atom. The van der Waals surface area contributed by atoms with E-state index < -0.39 is 0 Å². The van der Waals surface area contributed by atoms with E-state index in [0.29, 0.717) is 0 Å². The fourth-order valence-electron chi connectivity index (χ4n) is 1.42. The molecule has 16 heavy (non-hydrogen) atoms.